The largest absolute Gasteiger partial charge is 0.382 e. The summed E-state index contributed by atoms with van der Waals surface area (Å²) in [4.78, 5) is 2.47. The topological polar surface area (TPSA) is 33.7 Å². The molecule has 1 rings (SSSR count). The maximum atomic E-state index is 5.47. The summed E-state index contributed by atoms with van der Waals surface area (Å²) in [5, 5.41) is 3.44. The highest BCUT2D eigenvalue weighted by Gasteiger charge is 2.13. The van der Waals surface area contributed by atoms with Crippen LogP contribution in [-0.2, 0) is 9.47 Å². The number of methoxy groups -OCH3 is 1. The van der Waals surface area contributed by atoms with Crippen molar-refractivity contribution in [1.82, 2.24) is 10.2 Å². The highest BCUT2D eigenvalue weighted by atomic mass is 16.5. The molecule has 1 unspecified atom stereocenters. The molecule has 0 aromatic carbocycles. The first-order valence-corrected chi connectivity index (χ1v) is 5.82. The van der Waals surface area contributed by atoms with Gasteiger partial charge in [0.2, 0.25) is 0 Å². The first-order valence-electron chi connectivity index (χ1n) is 5.82. The van der Waals surface area contributed by atoms with E-state index in [1.165, 1.54) is 6.54 Å². The van der Waals surface area contributed by atoms with E-state index in [1.54, 1.807) is 7.11 Å². The molecular weight excluding hydrogens is 192 g/mol. The Morgan fingerprint density at radius 2 is 2.20 bits per heavy atom. The predicted octanol–water partition coefficient (Wildman–Crippen LogP) is 0.191. The van der Waals surface area contributed by atoms with Crippen molar-refractivity contribution < 1.29 is 9.47 Å². The Labute approximate surface area is 92.9 Å². The number of ether oxygens (including phenoxy) is 2. The van der Waals surface area contributed by atoms with Crippen molar-refractivity contribution in [2.75, 3.05) is 59.7 Å². The summed E-state index contributed by atoms with van der Waals surface area (Å²) in [6, 6.07) is 0. The van der Waals surface area contributed by atoms with Crippen LogP contribution in [0, 0.1) is 5.92 Å². The van der Waals surface area contributed by atoms with Gasteiger partial charge in [-0.1, -0.05) is 6.92 Å². The van der Waals surface area contributed by atoms with Crippen molar-refractivity contribution in [1.29, 1.82) is 0 Å². The van der Waals surface area contributed by atoms with Crippen LogP contribution < -0.4 is 5.32 Å². The standard InChI is InChI=1S/C11H24N2O2/c1-11-9-12-3-4-13(10-11)5-6-15-8-7-14-2/h11-12H,3-10H2,1-2H3. The van der Waals surface area contributed by atoms with E-state index in [-0.39, 0.29) is 0 Å². The predicted molar refractivity (Wildman–Crippen MR) is 61.2 cm³/mol. The molecule has 0 amide bonds. The van der Waals surface area contributed by atoms with E-state index in [1.807, 2.05) is 0 Å². The third-order valence-corrected chi connectivity index (χ3v) is 2.65. The molecule has 0 aromatic heterocycles. The molecule has 0 spiro atoms. The second kappa shape index (κ2) is 8.05. The Kier molecular flexibility index (Phi) is 6.92. The van der Waals surface area contributed by atoms with Gasteiger partial charge in [0.1, 0.15) is 0 Å². The van der Waals surface area contributed by atoms with Gasteiger partial charge in [-0.15, -0.1) is 0 Å². The van der Waals surface area contributed by atoms with Crippen LogP contribution in [0.4, 0.5) is 0 Å². The molecule has 0 bridgehead atoms. The highest BCUT2D eigenvalue weighted by Crippen LogP contribution is 2.01. The third kappa shape index (κ3) is 6.10. The van der Waals surface area contributed by atoms with Gasteiger partial charge in [0.15, 0.2) is 0 Å². The fraction of sp³-hybridized carbons (Fsp3) is 1.00. The molecule has 4 heteroatoms. The van der Waals surface area contributed by atoms with Crippen LogP contribution in [0.2, 0.25) is 0 Å². The lowest BCUT2D eigenvalue weighted by molar-refractivity contribution is 0.0567. The van der Waals surface area contributed by atoms with Gasteiger partial charge < -0.3 is 14.8 Å². The van der Waals surface area contributed by atoms with Gasteiger partial charge in [0.25, 0.3) is 0 Å². The SMILES string of the molecule is COCCOCCN1CCNCC(C)C1. The monoisotopic (exact) mass is 216 g/mol. The minimum absolute atomic E-state index is 0.692. The first-order chi connectivity index (χ1) is 7.33. The minimum atomic E-state index is 0.692. The van der Waals surface area contributed by atoms with Gasteiger partial charge in [-0.05, 0) is 12.5 Å². The molecular formula is C11H24N2O2. The van der Waals surface area contributed by atoms with E-state index in [4.69, 9.17) is 9.47 Å². The molecule has 1 saturated heterocycles. The summed E-state index contributed by atoms with van der Waals surface area (Å²) in [6.07, 6.45) is 0. The van der Waals surface area contributed by atoms with Gasteiger partial charge in [0, 0.05) is 33.3 Å². The third-order valence-electron chi connectivity index (χ3n) is 2.65. The van der Waals surface area contributed by atoms with E-state index in [9.17, 15) is 0 Å². The molecule has 0 saturated carbocycles. The zero-order chi connectivity index (χ0) is 10.9. The van der Waals surface area contributed by atoms with E-state index < -0.39 is 0 Å². The number of rotatable bonds is 6. The molecule has 90 valence electrons. The molecule has 0 radical (unpaired) electrons. The molecule has 1 fully saturated rings. The average Bonchev–Trinajstić information content (AvgIpc) is 2.43. The molecule has 1 aliphatic heterocycles. The van der Waals surface area contributed by atoms with Gasteiger partial charge in [-0.3, -0.25) is 4.90 Å². The Morgan fingerprint density at radius 1 is 1.33 bits per heavy atom. The van der Waals surface area contributed by atoms with Crippen LogP contribution in [0.1, 0.15) is 6.92 Å². The van der Waals surface area contributed by atoms with Crippen molar-refractivity contribution in [3.8, 4) is 0 Å². The lowest BCUT2D eigenvalue weighted by atomic mass is 10.2. The lowest BCUT2D eigenvalue weighted by Gasteiger charge is -2.21. The number of nitrogens with one attached hydrogen (secondary N) is 1. The lowest BCUT2D eigenvalue weighted by Crippen LogP contribution is -2.32. The maximum Gasteiger partial charge on any atom is 0.0700 e. The molecule has 4 nitrogen and oxygen atoms in total. The molecule has 1 aliphatic rings. The quantitative estimate of drug-likeness (QED) is 0.643. The van der Waals surface area contributed by atoms with E-state index in [0.29, 0.717) is 13.2 Å². The highest BCUT2D eigenvalue weighted by molar-refractivity contribution is 4.70. The smallest absolute Gasteiger partial charge is 0.0700 e. The van der Waals surface area contributed by atoms with Crippen molar-refractivity contribution in [2.24, 2.45) is 5.92 Å². The van der Waals surface area contributed by atoms with Crippen molar-refractivity contribution in [3.63, 3.8) is 0 Å². The molecule has 1 N–H and O–H groups in total. The second-order valence-electron chi connectivity index (χ2n) is 4.22. The first kappa shape index (κ1) is 12.9. The normalized spacial score (nSPS) is 24.0. The van der Waals surface area contributed by atoms with Crippen LogP contribution in [-0.4, -0.2) is 64.6 Å². The number of hydrogen-bond acceptors (Lipinski definition) is 4. The van der Waals surface area contributed by atoms with Crippen LogP contribution in [0.3, 0.4) is 0 Å². The molecule has 1 atom stereocenters. The number of nitrogens with zero attached hydrogens (tertiary/aromatic N) is 1. The summed E-state index contributed by atoms with van der Waals surface area (Å²) in [5.41, 5.74) is 0. The molecule has 1 heterocycles. The Balaban J connectivity index is 2.03. The molecule has 15 heavy (non-hydrogen) atoms. The summed E-state index contributed by atoms with van der Waals surface area (Å²) in [6.45, 7) is 10.1. The van der Waals surface area contributed by atoms with Crippen molar-refractivity contribution in [2.45, 2.75) is 6.92 Å². The summed E-state index contributed by atoms with van der Waals surface area (Å²) in [5.74, 6) is 0.742. The summed E-state index contributed by atoms with van der Waals surface area (Å²) >= 11 is 0. The average molecular weight is 216 g/mol. The van der Waals surface area contributed by atoms with Crippen LogP contribution in [0.5, 0.6) is 0 Å². The van der Waals surface area contributed by atoms with E-state index >= 15 is 0 Å². The minimum Gasteiger partial charge on any atom is -0.382 e. The Bertz CT molecular complexity index is 156. The fourth-order valence-electron chi connectivity index (χ4n) is 1.82. The van der Waals surface area contributed by atoms with Crippen LogP contribution in [0.25, 0.3) is 0 Å². The second-order valence-corrected chi connectivity index (χ2v) is 4.22. The van der Waals surface area contributed by atoms with Crippen LogP contribution in [0.15, 0.2) is 0 Å². The summed E-state index contributed by atoms with van der Waals surface area (Å²) < 4.78 is 10.4. The van der Waals surface area contributed by atoms with E-state index in [2.05, 4.69) is 17.1 Å². The zero-order valence-electron chi connectivity index (χ0n) is 10.00. The maximum absolute atomic E-state index is 5.47. The summed E-state index contributed by atoms with van der Waals surface area (Å²) in [7, 11) is 1.70. The van der Waals surface area contributed by atoms with Gasteiger partial charge >= 0.3 is 0 Å². The van der Waals surface area contributed by atoms with Crippen molar-refractivity contribution in [3.05, 3.63) is 0 Å². The van der Waals surface area contributed by atoms with Gasteiger partial charge in [0.05, 0.1) is 19.8 Å². The van der Waals surface area contributed by atoms with Crippen molar-refractivity contribution >= 4 is 0 Å². The van der Waals surface area contributed by atoms with E-state index in [0.717, 1.165) is 38.7 Å². The fourth-order valence-corrected chi connectivity index (χ4v) is 1.82. The Morgan fingerprint density at radius 3 is 3.00 bits per heavy atom. The zero-order valence-corrected chi connectivity index (χ0v) is 10.00. The van der Waals surface area contributed by atoms with Crippen LogP contribution >= 0.6 is 0 Å². The van der Waals surface area contributed by atoms with Gasteiger partial charge in [-0.2, -0.15) is 0 Å². The number of hydrogen-bond donors (Lipinski definition) is 1. The van der Waals surface area contributed by atoms with Gasteiger partial charge in [-0.25, -0.2) is 0 Å². The molecule has 0 aliphatic carbocycles. The molecule has 0 aromatic rings. The Hall–Kier alpha value is -0.160.